The Morgan fingerprint density at radius 2 is 2.00 bits per heavy atom. The molecule has 1 N–H and O–H groups in total. The highest BCUT2D eigenvalue weighted by Gasteiger charge is 2.01. The maximum Gasteiger partial charge on any atom is 0.140 e. The van der Waals surface area contributed by atoms with Gasteiger partial charge in [-0.3, -0.25) is 0 Å². The molecule has 0 aromatic heterocycles. The summed E-state index contributed by atoms with van der Waals surface area (Å²) in [4.78, 5) is 0. The van der Waals surface area contributed by atoms with Crippen LogP contribution in [-0.4, -0.2) is 5.11 Å². The summed E-state index contributed by atoms with van der Waals surface area (Å²) in [5.74, 6) is 5.83. The highest BCUT2D eigenvalue weighted by molar-refractivity contribution is 9.10. The van der Waals surface area contributed by atoms with E-state index in [2.05, 4.69) is 34.7 Å². The van der Waals surface area contributed by atoms with Gasteiger partial charge in [-0.1, -0.05) is 47.3 Å². The minimum Gasteiger partial charge on any atom is -0.376 e. The van der Waals surface area contributed by atoms with Crippen LogP contribution in [0.5, 0.6) is 0 Å². The normalized spacial score (nSPS) is 11.7. The van der Waals surface area contributed by atoms with Crippen LogP contribution in [0.3, 0.4) is 0 Å². The number of hydrogen-bond acceptors (Lipinski definition) is 1. The van der Waals surface area contributed by atoms with Gasteiger partial charge in [-0.15, -0.1) is 5.92 Å². The summed E-state index contributed by atoms with van der Waals surface area (Å²) < 4.78 is 1.01. The summed E-state index contributed by atoms with van der Waals surface area (Å²) in [7, 11) is 0. The zero-order valence-corrected chi connectivity index (χ0v) is 10.4. The van der Waals surface area contributed by atoms with Gasteiger partial charge in [0.2, 0.25) is 0 Å². The number of benzene rings is 1. The van der Waals surface area contributed by atoms with Crippen molar-refractivity contribution < 1.29 is 5.11 Å². The second-order valence-electron chi connectivity index (χ2n) is 3.38. The molecule has 1 nitrogen and oxygen atoms in total. The third kappa shape index (κ3) is 4.51. The summed E-state index contributed by atoms with van der Waals surface area (Å²) in [5, 5.41) is 9.72. The summed E-state index contributed by atoms with van der Waals surface area (Å²) >= 11 is 3.35. The molecule has 0 fully saturated rings. The third-order valence-corrected chi connectivity index (χ3v) is 2.61. The van der Waals surface area contributed by atoms with Gasteiger partial charge in [-0.2, -0.15) is 0 Å². The van der Waals surface area contributed by atoms with E-state index in [4.69, 9.17) is 0 Å². The average molecular weight is 267 g/mol. The monoisotopic (exact) mass is 266 g/mol. The van der Waals surface area contributed by atoms with Gasteiger partial charge in [0.15, 0.2) is 0 Å². The third-order valence-electron chi connectivity index (χ3n) is 2.08. The van der Waals surface area contributed by atoms with Crippen molar-refractivity contribution >= 4 is 15.9 Å². The van der Waals surface area contributed by atoms with E-state index >= 15 is 0 Å². The SMILES string of the molecule is CCCCC#CC(O)c1ccc(Br)cc1. The number of aliphatic hydroxyl groups excluding tert-OH is 1. The van der Waals surface area contributed by atoms with Crippen molar-refractivity contribution in [2.45, 2.75) is 32.3 Å². The first kappa shape index (κ1) is 12.3. The molecular formula is C13H15BrO. The topological polar surface area (TPSA) is 20.2 Å². The summed E-state index contributed by atoms with van der Waals surface area (Å²) in [6, 6.07) is 7.57. The van der Waals surface area contributed by atoms with Crippen LogP contribution < -0.4 is 0 Å². The zero-order chi connectivity index (χ0) is 11.1. The van der Waals surface area contributed by atoms with E-state index < -0.39 is 6.10 Å². The molecule has 0 heterocycles. The molecule has 0 aliphatic heterocycles. The second kappa shape index (κ2) is 6.66. The molecule has 0 aliphatic rings. The summed E-state index contributed by atoms with van der Waals surface area (Å²) in [6.07, 6.45) is 2.45. The fourth-order valence-electron chi connectivity index (χ4n) is 1.16. The average Bonchev–Trinajstić information content (AvgIpc) is 2.25. The maximum atomic E-state index is 9.72. The van der Waals surface area contributed by atoms with Crippen molar-refractivity contribution in [1.82, 2.24) is 0 Å². The number of aliphatic hydroxyl groups is 1. The highest BCUT2D eigenvalue weighted by Crippen LogP contribution is 2.16. The quantitative estimate of drug-likeness (QED) is 0.654. The van der Waals surface area contributed by atoms with Crippen LogP contribution in [0.2, 0.25) is 0 Å². The molecule has 0 radical (unpaired) electrons. The molecule has 1 aromatic carbocycles. The molecule has 1 unspecified atom stereocenters. The number of halogens is 1. The summed E-state index contributed by atoms with van der Waals surface area (Å²) in [6.45, 7) is 2.13. The molecule has 1 atom stereocenters. The molecule has 0 saturated carbocycles. The molecular weight excluding hydrogens is 252 g/mol. The van der Waals surface area contributed by atoms with Crippen molar-refractivity contribution in [3.63, 3.8) is 0 Å². The predicted molar refractivity (Wildman–Crippen MR) is 66.4 cm³/mol. The lowest BCUT2D eigenvalue weighted by atomic mass is 10.1. The molecule has 80 valence electrons. The Kier molecular flexibility index (Phi) is 5.45. The largest absolute Gasteiger partial charge is 0.376 e. The molecule has 1 rings (SSSR count). The molecule has 0 bridgehead atoms. The fourth-order valence-corrected chi connectivity index (χ4v) is 1.43. The van der Waals surface area contributed by atoms with E-state index in [0.717, 1.165) is 29.3 Å². The lowest BCUT2D eigenvalue weighted by Crippen LogP contribution is -1.92. The van der Waals surface area contributed by atoms with E-state index in [1.165, 1.54) is 0 Å². The molecule has 15 heavy (non-hydrogen) atoms. The second-order valence-corrected chi connectivity index (χ2v) is 4.29. The molecule has 0 saturated heterocycles. The van der Waals surface area contributed by atoms with Gasteiger partial charge in [-0.25, -0.2) is 0 Å². The van der Waals surface area contributed by atoms with Crippen molar-refractivity contribution in [3.8, 4) is 11.8 Å². The van der Waals surface area contributed by atoms with Gasteiger partial charge in [0.05, 0.1) is 0 Å². The Morgan fingerprint density at radius 3 is 2.60 bits per heavy atom. The predicted octanol–water partition coefficient (Wildman–Crippen LogP) is 3.68. The van der Waals surface area contributed by atoms with Gasteiger partial charge in [0.25, 0.3) is 0 Å². The van der Waals surface area contributed by atoms with Gasteiger partial charge < -0.3 is 5.11 Å². The van der Waals surface area contributed by atoms with E-state index in [1.807, 2.05) is 24.3 Å². The van der Waals surface area contributed by atoms with E-state index in [0.29, 0.717) is 0 Å². The van der Waals surface area contributed by atoms with Crippen molar-refractivity contribution in [3.05, 3.63) is 34.3 Å². The van der Waals surface area contributed by atoms with E-state index in [1.54, 1.807) is 0 Å². The first-order chi connectivity index (χ1) is 7.24. The number of rotatable bonds is 3. The van der Waals surface area contributed by atoms with Crippen LogP contribution in [0.4, 0.5) is 0 Å². The minimum atomic E-state index is -0.657. The first-order valence-corrected chi connectivity index (χ1v) is 5.95. The molecule has 0 spiro atoms. The van der Waals surface area contributed by atoms with Crippen LogP contribution >= 0.6 is 15.9 Å². The van der Waals surface area contributed by atoms with Crippen molar-refractivity contribution in [2.24, 2.45) is 0 Å². The molecule has 0 amide bonds. The Labute approximate surface area is 99.6 Å². The Morgan fingerprint density at radius 1 is 1.33 bits per heavy atom. The Balaban J connectivity index is 2.55. The van der Waals surface area contributed by atoms with Gasteiger partial charge >= 0.3 is 0 Å². The fraction of sp³-hybridized carbons (Fsp3) is 0.385. The van der Waals surface area contributed by atoms with Crippen molar-refractivity contribution in [1.29, 1.82) is 0 Å². The molecule has 1 aromatic rings. The number of unbranched alkanes of at least 4 members (excludes halogenated alkanes) is 2. The van der Waals surface area contributed by atoms with E-state index in [-0.39, 0.29) is 0 Å². The first-order valence-electron chi connectivity index (χ1n) is 5.16. The van der Waals surface area contributed by atoms with Crippen LogP contribution in [0.1, 0.15) is 37.9 Å². The molecule has 0 aliphatic carbocycles. The van der Waals surface area contributed by atoms with Crippen LogP contribution in [0, 0.1) is 11.8 Å². The zero-order valence-electron chi connectivity index (χ0n) is 8.83. The van der Waals surface area contributed by atoms with E-state index in [9.17, 15) is 5.11 Å². The minimum absolute atomic E-state index is 0.657. The Bertz CT molecular complexity index is 345. The van der Waals surface area contributed by atoms with Gasteiger partial charge in [-0.05, 0) is 24.1 Å². The lowest BCUT2D eigenvalue weighted by Gasteiger charge is -2.02. The Hall–Kier alpha value is -0.780. The van der Waals surface area contributed by atoms with Crippen molar-refractivity contribution in [2.75, 3.05) is 0 Å². The van der Waals surface area contributed by atoms with Crippen LogP contribution in [0.25, 0.3) is 0 Å². The maximum absolute atomic E-state index is 9.72. The highest BCUT2D eigenvalue weighted by atomic mass is 79.9. The standard InChI is InChI=1S/C13H15BrO/c1-2-3-4-5-6-13(15)11-7-9-12(14)10-8-11/h7-10,13,15H,2-4H2,1H3. The van der Waals surface area contributed by atoms with Crippen LogP contribution in [0.15, 0.2) is 28.7 Å². The molecule has 2 heteroatoms. The van der Waals surface area contributed by atoms with Gasteiger partial charge in [0.1, 0.15) is 6.10 Å². The summed E-state index contributed by atoms with van der Waals surface area (Å²) in [5.41, 5.74) is 0.849. The number of hydrogen-bond donors (Lipinski definition) is 1. The van der Waals surface area contributed by atoms with Crippen LogP contribution in [-0.2, 0) is 0 Å². The lowest BCUT2D eigenvalue weighted by molar-refractivity contribution is 0.238. The smallest absolute Gasteiger partial charge is 0.140 e. The van der Waals surface area contributed by atoms with Gasteiger partial charge in [0, 0.05) is 10.9 Å².